The highest BCUT2D eigenvalue weighted by Crippen LogP contribution is 2.28. The molecule has 0 saturated carbocycles. The van der Waals surface area contributed by atoms with Crippen LogP contribution in [0.25, 0.3) is 0 Å². The normalized spacial score (nSPS) is 10.9. The molecule has 0 aliphatic carbocycles. The molecule has 158 valence electrons. The Balaban J connectivity index is 2.32. The van der Waals surface area contributed by atoms with Crippen molar-refractivity contribution in [2.24, 2.45) is 0 Å². The van der Waals surface area contributed by atoms with Crippen LogP contribution in [0.5, 0.6) is 11.5 Å². The molecule has 1 amide bonds. The number of hydrogen-bond donors (Lipinski definition) is 2. The van der Waals surface area contributed by atoms with E-state index < -0.39 is 40.7 Å². The van der Waals surface area contributed by atoms with Gasteiger partial charge >= 0.3 is 0 Å². The molecule has 0 saturated heterocycles. The lowest BCUT2D eigenvalue weighted by Gasteiger charge is -2.23. The van der Waals surface area contributed by atoms with Crippen molar-refractivity contribution in [3.63, 3.8) is 0 Å². The fourth-order valence-corrected chi connectivity index (χ4v) is 2.78. The van der Waals surface area contributed by atoms with E-state index >= 15 is 0 Å². The summed E-state index contributed by atoms with van der Waals surface area (Å²) in [4.78, 5) is 12.8. The monoisotopic (exact) mass is 416 g/mol. The van der Waals surface area contributed by atoms with E-state index in [0.29, 0.717) is 0 Å². The summed E-state index contributed by atoms with van der Waals surface area (Å²) in [5, 5.41) is 8.66. The number of nitrogens with one attached hydrogen (secondary N) is 1. The van der Waals surface area contributed by atoms with Crippen molar-refractivity contribution in [1.29, 1.82) is 0 Å². The molecule has 0 atom stereocenters. The smallest absolute Gasteiger partial charge is 0.244 e. The van der Waals surface area contributed by atoms with Gasteiger partial charge in [-0.25, -0.2) is 23.0 Å². The fourth-order valence-electron chi connectivity index (χ4n) is 2.78. The average molecular weight is 416 g/mol. The standard InChI is InChI=1S/C19H20F4N2O4/c1-28-18-13(20)5-3-11(16(18)22)9-25(8-7-15(26)24-27)10-12-4-6-14(21)19(29-2)17(12)23/h3-6,27H,7-10H2,1-2H3,(H,24,26). The van der Waals surface area contributed by atoms with Gasteiger partial charge in [-0.3, -0.25) is 14.9 Å². The van der Waals surface area contributed by atoms with Crippen LogP contribution in [0.1, 0.15) is 17.5 Å². The molecule has 2 rings (SSSR count). The topological polar surface area (TPSA) is 71.0 Å². The minimum absolute atomic E-state index is 0.00927. The maximum absolute atomic E-state index is 14.5. The number of benzene rings is 2. The Morgan fingerprint density at radius 1 is 0.931 bits per heavy atom. The van der Waals surface area contributed by atoms with Crippen LogP contribution in [0.3, 0.4) is 0 Å². The second-order valence-corrected chi connectivity index (χ2v) is 6.10. The van der Waals surface area contributed by atoms with Crippen molar-refractivity contribution in [1.82, 2.24) is 10.4 Å². The van der Waals surface area contributed by atoms with Gasteiger partial charge in [-0.05, 0) is 12.1 Å². The number of rotatable bonds is 9. The highest BCUT2D eigenvalue weighted by Gasteiger charge is 2.20. The lowest BCUT2D eigenvalue weighted by molar-refractivity contribution is -0.129. The number of carbonyl (C=O) groups is 1. The first kappa shape index (κ1) is 22.4. The molecule has 0 bridgehead atoms. The number of methoxy groups -OCH3 is 2. The van der Waals surface area contributed by atoms with Gasteiger partial charge in [-0.15, -0.1) is 0 Å². The Labute approximate surface area is 164 Å². The molecule has 0 radical (unpaired) electrons. The Kier molecular flexibility index (Phi) is 7.80. The van der Waals surface area contributed by atoms with Crippen molar-refractivity contribution in [3.05, 3.63) is 58.7 Å². The summed E-state index contributed by atoms with van der Waals surface area (Å²) in [7, 11) is 2.24. The maximum Gasteiger partial charge on any atom is 0.244 e. The van der Waals surface area contributed by atoms with Crippen molar-refractivity contribution in [2.45, 2.75) is 19.5 Å². The molecule has 6 nitrogen and oxygen atoms in total. The molecule has 2 N–H and O–H groups in total. The lowest BCUT2D eigenvalue weighted by Crippen LogP contribution is -2.30. The molecule has 2 aromatic rings. The molecular formula is C19H20F4N2O4. The van der Waals surface area contributed by atoms with Gasteiger partial charge in [0, 0.05) is 37.2 Å². The van der Waals surface area contributed by atoms with E-state index in [1.807, 2.05) is 0 Å². The zero-order valence-electron chi connectivity index (χ0n) is 15.8. The Bertz CT molecular complexity index is 818. The van der Waals surface area contributed by atoms with Crippen molar-refractivity contribution >= 4 is 5.91 Å². The summed E-state index contributed by atoms with van der Waals surface area (Å²) in [6.45, 7) is -0.286. The van der Waals surface area contributed by atoms with Crippen LogP contribution < -0.4 is 15.0 Å². The van der Waals surface area contributed by atoms with E-state index in [1.165, 1.54) is 22.5 Å². The molecule has 2 aromatic carbocycles. The predicted molar refractivity (Wildman–Crippen MR) is 94.5 cm³/mol. The third-order valence-electron chi connectivity index (χ3n) is 4.23. The van der Waals surface area contributed by atoms with Crippen LogP contribution in [-0.2, 0) is 17.9 Å². The lowest BCUT2D eigenvalue weighted by atomic mass is 10.1. The zero-order valence-corrected chi connectivity index (χ0v) is 15.8. The third kappa shape index (κ3) is 5.36. The molecule has 0 unspecified atom stereocenters. The second-order valence-electron chi connectivity index (χ2n) is 6.10. The summed E-state index contributed by atoms with van der Waals surface area (Å²) < 4.78 is 65.7. The summed E-state index contributed by atoms with van der Waals surface area (Å²) in [5.74, 6) is -5.45. The van der Waals surface area contributed by atoms with E-state index in [4.69, 9.17) is 14.7 Å². The Hall–Kier alpha value is -2.85. The van der Waals surface area contributed by atoms with Crippen LogP contribution in [0.2, 0.25) is 0 Å². The number of nitrogens with zero attached hydrogens (tertiary/aromatic N) is 1. The van der Waals surface area contributed by atoms with Crippen LogP contribution in [0.4, 0.5) is 17.6 Å². The van der Waals surface area contributed by atoms with Gasteiger partial charge < -0.3 is 9.47 Å². The van der Waals surface area contributed by atoms with E-state index in [0.717, 1.165) is 26.4 Å². The second kappa shape index (κ2) is 10.1. The summed E-state index contributed by atoms with van der Waals surface area (Å²) in [6, 6.07) is 4.45. The van der Waals surface area contributed by atoms with E-state index in [9.17, 15) is 22.4 Å². The van der Waals surface area contributed by atoms with Gasteiger partial charge in [0.25, 0.3) is 0 Å². The first-order valence-electron chi connectivity index (χ1n) is 8.49. The van der Waals surface area contributed by atoms with Gasteiger partial charge in [-0.2, -0.15) is 0 Å². The molecule has 0 aliphatic rings. The number of hydroxylamine groups is 1. The van der Waals surface area contributed by atoms with Gasteiger partial charge in [0.15, 0.2) is 34.8 Å². The van der Waals surface area contributed by atoms with Crippen molar-refractivity contribution < 1.29 is 37.0 Å². The summed E-state index contributed by atoms with van der Waals surface area (Å²) >= 11 is 0. The number of carbonyl (C=O) groups excluding carboxylic acids is 1. The third-order valence-corrected chi connectivity index (χ3v) is 4.23. The van der Waals surface area contributed by atoms with E-state index in [-0.39, 0.29) is 37.2 Å². The highest BCUT2D eigenvalue weighted by molar-refractivity contribution is 5.74. The van der Waals surface area contributed by atoms with E-state index in [1.54, 1.807) is 0 Å². The maximum atomic E-state index is 14.5. The molecule has 29 heavy (non-hydrogen) atoms. The fraction of sp³-hybridized carbons (Fsp3) is 0.316. The largest absolute Gasteiger partial charge is 0.491 e. The number of hydrogen-bond acceptors (Lipinski definition) is 5. The SMILES string of the molecule is COc1c(F)ccc(CN(CCC(=O)NO)Cc2ccc(F)c(OC)c2F)c1F. The van der Waals surface area contributed by atoms with Crippen LogP contribution in [-0.4, -0.2) is 36.8 Å². The van der Waals surface area contributed by atoms with Crippen LogP contribution in [0.15, 0.2) is 24.3 Å². The van der Waals surface area contributed by atoms with E-state index in [2.05, 4.69) is 0 Å². The molecule has 0 aliphatic heterocycles. The molecule has 0 spiro atoms. The Morgan fingerprint density at radius 2 is 1.38 bits per heavy atom. The first-order chi connectivity index (χ1) is 13.8. The average Bonchev–Trinajstić information content (AvgIpc) is 2.70. The zero-order chi connectivity index (χ0) is 21.6. The molecule has 0 fully saturated rings. The van der Waals surface area contributed by atoms with Gasteiger partial charge in [0.1, 0.15) is 0 Å². The number of ether oxygens (including phenoxy) is 2. The molecule has 0 aromatic heterocycles. The van der Waals surface area contributed by atoms with Gasteiger partial charge in [0.2, 0.25) is 5.91 Å². The minimum Gasteiger partial charge on any atom is -0.491 e. The van der Waals surface area contributed by atoms with Gasteiger partial charge in [-0.1, -0.05) is 12.1 Å². The predicted octanol–water partition coefficient (Wildman–Crippen LogP) is 3.16. The summed E-state index contributed by atoms with van der Waals surface area (Å²) in [6.07, 6.45) is -0.184. The summed E-state index contributed by atoms with van der Waals surface area (Å²) in [5.41, 5.74) is 1.56. The van der Waals surface area contributed by atoms with Crippen molar-refractivity contribution in [3.8, 4) is 11.5 Å². The number of amides is 1. The minimum atomic E-state index is -0.929. The van der Waals surface area contributed by atoms with Crippen LogP contribution >= 0.6 is 0 Å². The van der Waals surface area contributed by atoms with Crippen molar-refractivity contribution in [2.75, 3.05) is 20.8 Å². The highest BCUT2D eigenvalue weighted by atomic mass is 19.1. The molecular weight excluding hydrogens is 396 g/mol. The Morgan fingerprint density at radius 3 is 1.76 bits per heavy atom. The molecule has 10 heteroatoms. The van der Waals surface area contributed by atoms with Gasteiger partial charge in [0.05, 0.1) is 14.2 Å². The quantitative estimate of drug-likeness (QED) is 0.373. The number of halogens is 4. The van der Waals surface area contributed by atoms with Crippen LogP contribution in [0, 0.1) is 23.3 Å². The first-order valence-corrected chi connectivity index (χ1v) is 8.49. The molecule has 0 heterocycles.